The number of aromatic nitrogens is 1. The lowest BCUT2D eigenvalue weighted by molar-refractivity contribution is 0.0922. The zero-order valence-corrected chi connectivity index (χ0v) is 13.6. The van der Waals surface area contributed by atoms with Crippen molar-refractivity contribution < 1.29 is 9.21 Å². The summed E-state index contributed by atoms with van der Waals surface area (Å²) in [5.41, 5.74) is 2.99. The highest BCUT2D eigenvalue weighted by molar-refractivity contribution is 5.96. The van der Waals surface area contributed by atoms with Crippen LogP contribution in [-0.4, -0.2) is 17.4 Å². The van der Waals surface area contributed by atoms with E-state index in [-0.39, 0.29) is 5.91 Å². The maximum Gasteiger partial charge on any atom is 0.287 e. The number of rotatable bonds is 4. The zero-order chi connectivity index (χ0) is 16.4. The second-order valence-electron chi connectivity index (χ2n) is 6.10. The summed E-state index contributed by atoms with van der Waals surface area (Å²) < 4.78 is 5.81. The van der Waals surface area contributed by atoms with Crippen LogP contribution in [0.2, 0.25) is 0 Å². The number of nitrogens with zero attached hydrogens (tertiary/aromatic N) is 1. The Morgan fingerprint density at radius 3 is 2.83 bits per heavy atom. The molecular weight excluding hydrogens is 288 g/mol. The van der Waals surface area contributed by atoms with Gasteiger partial charge in [-0.3, -0.25) is 9.78 Å². The van der Waals surface area contributed by atoms with Crippen LogP contribution in [0, 0.1) is 12.8 Å². The van der Waals surface area contributed by atoms with Gasteiger partial charge in [-0.05, 0) is 42.7 Å². The number of nitrogens with one attached hydrogen (secondary N) is 1. The third-order valence-electron chi connectivity index (χ3n) is 3.74. The molecule has 2 heterocycles. The Morgan fingerprint density at radius 2 is 2.04 bits per heavy atom. The van der Waals surface area contributed by atoms with Crippen LogP contribution in [0.25, 0.3) is 22.2 Å². The fourth-order valence-corrected chi connectivity index (χ4v) is 2.57. The van der Waals surface area contributed by atoms with Gasteiger partial charge in [0.1, 0.15) is 5.76 Å². The lowest BCUT2D eigenvalue weighted by Crippen LogP contribution is -2.26. The molecule has 0 unspecified atom stereocenters. The van der Waals surface area contributed by atoms with Gasteiger partial charge in [-0.25, -0.2) is 0 Å². The van der Waals surface area contributed by atoms with Gasteiger partial charge in [0.05, 0.1) is 5.52 Å². The fourth-order valence-electron chi connectivity index (χ4n) is 2.57. The van der Waals surface area contributed by atoms with E-state index in [1.54, 1.807) is 12.3 Å². The maximum absolute atomic E-state index is 12.1. The Labute approximate surface area is 135 Å². The van der Waals surface area contributed by atoms with Crippen LogP contribution in [-0.2, 0) is 0 Å². The Kier molecular flexibility index (Phi) is 4.15. The van der Waals surface area contributed by atoms with Crippen molar-refractivity contribution in [2.45, 2.75) is 20.8 Å². The van der Waals surface area contributed by atoms with E-state index in [1.807, 2.05) is 37.3 Å². The number of fused-ring (bicyclic) bond motifs is 1. The molecule has 1 aromatic carbocycles. The number of carbonyl (C=O) groups excluding carboxylic acids is 1. The van der Waals surface area contributed by atoms with E-state index in [0.717, 1.165) is 22.0 Å². The molecule has 0 radical (unpaired) electrons. The van der Waals surface area contributed by atoms with E-state index in [1.165, 1.54) is 0 Å². The molecule has 1 N–H and O–H groups in total. The molecule has 0 saturated heterocycles. The zero-order valence-electron chi connectivity index (χ0n) is 13.6. The van der Waals surface area contributed by atoms with Crippen molar-refractivity contribution in [3.63, 3.8) is 0 Å². The lowest BCUT2D eigenvalue weighted by Gasteiger charge is -2.08. The normalized spacial score (nSPS) is 11.1. The van der Waals surface area contributed by atoms with Crippen molar-refractivity contribution in [1.82, 2.24) is 10.3 Å². The first-order valence-electron chi connectivity index (χ1n) is 7.79. The number of pyridine rings is 1. The van der Waals surface area contributed by atoms with E-state index >= 15 is 0 Å². The largest absolute Gasteiger partial charge is 0.451 e. The number of furan rings is 1. The lowest BCUT2D eigenvalue weighted by atomic mass is 10.0. The Hall–Kier alpha value is -2.62. The minimum Gasteiger partial charge on any atom is -0.451 e. The van der Waals surface area contributed by atoms with Crippen molar-refractivity contribution >= 4 is 16.8 Å². The molecular formula is C19H20N2O2. The monoisotopic (exact) mass is 308 g/mol. The fraction of sp³-hybridized carbons (Fsp3) is 0.263. The summed E-state index contributed by atoms with van der Waals surface area (Å²) in [6.45, 7) is 6.77. The van der Waals surface area contributed by atoms with Crippen molar-refractivity contribution in [3.8, 4) is 11.3 Å². The third-order valence-corrected chi connectivity index (χ3v) is 3.74. The second kappa shape index (κ2) is 6.24. The minimum atomic E-state index is -0.180. The van der Waals surface area contributed by atoms with Crippen LogP contribution in [0.4, 0.5) is 0 Å². The van der Waals surface area contributed by atoms with Crippen molar-refractivity contribution in [2.75, 3.05) is 6.54 Å². The van der Waals surface area contributed by atoms with Crippen LogP contribution >= 0.6 is 0 Å². The molecule has 0 fully saturated rings. The first-order valence-corrected chi connectivity index (χ1v) is 7.79. The average molecular weight is 308 g/mol. The first kappa shape index (κ1) is 15.3. The smallest absolute Gasteiger partial charge is 0.287 e. The van der Waals surface area contributed by atoms with Crippen LogP contribution in [0.1, 0.15) is 30.0 Å². The number of benzene rings is 1. The third kappa shape index (κ3) is 3.11. The van der Waals surface area contributed by atoms with E-state index in [4.69, 9.17) is 4.42 Å². The van der Waals surface area contributed by atoms with Gasteiger partial charge < -0.3 is 9.73 Å². The number of hydrogen-bond acceptors (Lipinski definition) is 3. The molecule has 0 saturated carbocycles. The van der Waals surface area contributed by atoms with Gasteiger partial charge in [0.25, 0.3) is 5.91 Å². The van der Waals surface area contributed by atoms with E-state index < -0.39 is 0 Å². The summed E-state index contributed by atoms with van der Waals surface area (Å²) in [5, 5.41) is 3.89. The summed E-state index contributed by atoms with van der Waals surface area (Å²) in [7, 11) is 0. The Morgan fingerprint density at radius 1 is 1.22 bits per heavy atom. The van der Waals surface area contributed by atoms with E-state index in [9.17, 15) is 4.79 Å². The standard InChI is InChI=1S/C19H20N2O2/c1-12(2)11-21-19(22)17-9-8-16(23-17)18-13(3)6-7-15-14(18)5-4-10-20-15/h4-10,12H,11H2,1-3H3,(H,21,22). The molecule has 2 aromatic heterocycles. The number of amides is 1. The van der Waals surface area contributed by atoms with Gasteiger partial charge >= 0.3 is 0 Å². The molecule has 4 heteroatoms. The Balaban J connectivity index is 1.98. The molecule has 3 aromatic rings. The van der Waals surface area contributed by atoms with Crippen molar-refractivity contribution in [2.24, 2.45) is 5.92 Å². The van der Waals surface area contributed by atoms with Crippen LogP contribution < -0.4 is 5.32 Å². The number of aryl methyl sites for hydroxylation is 1. The number of carbonyl (C=O) groups is 1. The highest BCUT2D eigenvalue weighted by atomic mass is 16.3. The predicted molar refractivity (Wildman–Crippen MR) is 91.4 cm³/mol. The highest BCUT2D eigenvalue weighted by Gasteiger charge is 2.15. The van der Waals surface area contributed by atoms with Crippen LogP contribution in [0.5, 0.6) is 0 Å². The summed E-state index contributed by atoms with van der Waals surface area (Å²) in [5.74, 6) is 1.25. The first-order chi connectivity index (χ1) is 11.1. The van der Waals surface area contributed by atoms with Gasteiger partial charge in [0, 0.05) is 23.7 Å². The molecule has 0 aliphatic carbocycles. The summed E-state index contributed by atoms with van der Waals surface area (Å²) >= 11 is 0. The van der Waals surface area contributed by atoms with Gasteiger partial charge in [-0.1, -0.05) is 26.0 Å². The van der Waals surface area contributed by atoms with Crippen molar-refractivity contribution in [3.05, 3.63) is 53.9 Å². The SMILES string of the molecule is Cc1ccc2ncccc2c1-c1ccc(C(=O)NCC(C)C)o1. The second-order valence-corrected chi connectivity index (χ2v) is 6.10. The van der Waals surface area contributed by atoms with Crippen molar-refractivity contribution in [1.29, 1.82) is 0 Å². The molecule has 4 nitrogen and oxygen atoms in total. The quantitative estimate of drug-likeness (QED) is 0.786. The molecule has 0 atom stereocenters. The summed E-state index contributed by atoms with van der Waals surface area (Å²) in [6.07, 6.45) is 1.77. The predicted octanol–water partition coefficient (Wildman–Crippen LogP) is 4.19. The van der Waals surface area contributed by atoms with Gasteiger partial charge in [-0.15, -0.1) is 0 Å². The molecule has 23 heavy (non-hydrogen) atoms. The van der Waals surface area contributed by atoms with Gasteiger partial charge in [0.15, 0.2) is 5.76 Å². The summed E-state index contributed by atoms with van der Waals surface area (Å²) in [6, 6.07) is 11.5. The van der Waals surface area contributed by atoms with Crippen LogP contribution in [0.3, 0.4) is 0 Å². The number of hydrogen-bond donors (Lipinski definition) is 1. The Bertz CT molecular complexity index is 849. The van der Waals surface area contributed by atoms with Crippen LogP contribution in [0.15, 0.2) is 47.0 Å². The molecule has 0 aliphatic heterocycles. The van der Waals surface area contributed by atoms with E-state index in [0.29, 0.717) is 24.0 Å². The maximum atomic E-state index is 12.1. The average Bonchev–Trinajstić information content (AvgIpc) is 3.02. The molecule has 118 valence electrons. The highest BCUT2D eigenvalue weighted by Crippen LogP contribution is 2.32. The van der Waals surface area contributed by atoms with E-state index in [2.05, 4.69) is 24.1 Å². The molecule has 0 bridgehead atoms. The molecule has 3 rings (SSSR count). The van der Waals surface area contributed by atoms with Gasteiger partial charge in [0.2, 0.25) is 0 Å². The van der Waals surface area contributed by atoms with Gasteiger partial charge in [-0.2, -0.15) is 0 Å². The summed E-state index contributed by atoms with van der Waals surface area (Å²) in [4.78, 5) is 16.5. The molecule has 1 amide bonds. The topological polar surface area (TPSA) is 55.1 Å². The minimum absolute atomic E-state index is 0.180. The molecule has 0 aliphatic rings. The molecule has 0 spiro atoms.